The Hall–Kier alpha value is 0.946. The molecule has 0 amide bonds. The minimum Gasteiger partial charge on any atom is -0.412 e. The molecule has 0 unspecified atom stereocenters. The minimum atomic E-state index is 0. The molecule has 0 aromatic rings. The summed E-state index contributed by atoms with van der Waals surface area (Å²) in [5.74, 6) is 0. The van der Waals surface area contributed by atoms with Crippen LogP contribution in [-0.2, 0) is 33.9 Å². The molecule has 0 atom stereocenters. The van der Waals surface area contributed by atoms with Gasteiger partial charge in [0.05, 0.1) is 0 Å². The molecule has 0 spiro atoms. The molecule has 0 aliphatic heterocycles. The summed E-state index contributed by atoms with van der Waals surface area (Å²) in [7, 11) is 0. The molecule has 0 radical (unpaired) electrons. The van der Waals surface area contributed by atoms with E-state index in [1.807, 2.05) is 0 Å². The molecule has 2 nitrogen and oxygen atoms in total. The van der Waals surface area contributed by atoms with Crippen LogP contribution in [0.3, 0.4) is 0 Å². The van der Waals surface area contributed by atoms with Gasteiger partial charge in [0.15, 0.2) is 0 Å². The van der Waals surface area contributed by atoms with Crippen LogP contribution in [0.25, 0.3) is 0 Å². The van der Waals surface area contributed by atoms with Crippen molar-refractivity contribution in [1.82, 2.24) is 6.15 Å². The van der Waals surface area contributed by atoms with Gasteiger partial charge in [0.2, 0.25) is 0 Å². The van der Waals surface area contributed by atoms with E-state index in [1.54, 1.807) is 0 Å². The zero-order chi connectivity index (χ0) is 0. The van der Waals surface area contributed by atoms with Gasteiger partial charge in [-0.05, 0) is 0 Å². The van der Waals surface area contributed by atoms with Gasteiger partial charge >= 0.3 is 0 Å². The first-order chi connectivity index (χ1) is 0. The van der Waals surface area contributed by atoms with Crippen molar-refractivity contribution in [1.29, 1.82) is 0 Å². The molecule has 0 aromatic heterocycles. The monoisotopic (exact) mass is 145 g/mol. The average molecular weight is 146 g/mol. The van der Waals surface area contributed by atoms with E-state index < -0.39 is 0 Å². The van der Waals surface area contributed by atoms with Crippen LogP contribution in [0.5, 0.6) is 0 Å². The third-order valence-electron chi connectivity index (χ3n) is 0. The van der Waals surface area contributed by atoms with Crippen molar-refractivity contribution in [2.75, 3.05) is 0 Å². The first-order valence-corrected chi connectivity index (χ1v) is 0. The molecular formula is H5CrNNiO. The Balaban J connectivity index is 0. The third-order valence-corrected chi connectivity index (χ3v) is 0. The van der Waals surface area contributed by atoms with Crippen molar-refractivity contribution in [3.63, 3.8) is 0 Å². The Morgan fingerprint density at radius 2 is 1.00 bits per heavy atom. The second-order valence-electron chi connectivity index (χ2n) is 0. The van der Waals surface area contributed by atoms with E-state index in [2.05, 4.69) is 0 Å². The molecule has 0 heterocycles. The summed E-state index contributed by atoms with van der Waals surface area (Å²) < 4.78 is 0. The molecular weight excluding hydrogens is 141 g/mol. The largest absolute Gasteiger partial charge is 0.412 e. The van der Waals surface area contributed by atoms with Crippen LogP contribution in [0.15, 0.2) is 0 Å². The Morgan fingerprint density at radius 3 is 1.00 bits per heavy atom. The van der Waals surface area contributed by atoms with Gasteiger partial charge in [0.1, 0.15) is 0 Å². The van der Waals surface area contributed by atoms with E-state index in [-0.39, 0.29) is 45.5 Å². The zero-order valence-corrected chi connectivity index (χ0v) is 4.19. The van der Waals surface area contributed by atoms with Crippen molar-refractivity contribution in [2.45, 2.75) is 0 Å². The third kappa shape index (κ3) is 12.5. The SMILES string of the molecule is N.O.[Cr].[Ni]. The van der Waals surface area contributed by atoms with E-state index >= 15 is 0 Å². The predicted molar refractivity (Wildman–Crippen MR) is 8.64 cm³/mol. The Bertz CT molecular complexity index is 8.00. The van der Waals surface area contributed by atoms with Gasteiger partial charge in [-0.2, -0.15) is 0 Å². The van der Waals surface area contributed by atoms with E-state index in [1.165, 1.54) is 0 Å². The molecule has 0 rings (SSSR count). The maximum atomic E-state index is 0. The standard InChI is InChI=1S/Cr.H3N.Ni.H2O/h;1H3;;1H2. The van der Waals surface area contributed by atoms with E-state index in [9.17, 15) is 0 Å². The molecule has 0 aliphatic carbocycles. The van der Waals surface area contributed by atoms with Crippen LogP contribution in [-0.4, -0.2) is 5.48 Å². The van der Waals surface area contributed by atoms with Crippen LogP contribution in [0, 0.1) is 0 Å². The maximum Gasteiger partial charge on any atom is 0 e. The topological polar surface area (TPSA) is 66.5 Å². The molecule has 5 N–H and O–H groups in total. The zero-order valence-electron chi connectivity index (χ0n) is 1.93. The fourth-order valence-electron chi connectivity index (χ4n) is 0. The van der Waals surface area contributed by atoms with Gasteiger partial charge in [0, 0.05) is 33.9 Å². The first kappa shape index (κ1) is 86.1. The summed E-state index contributed by atoms with van der Waals surface area (Å²) in [5.41, 5.74) is 0. The summed E-state index contributed by atoms with van der Waals surface area (Å²) in [4.78, 5) is 0. The van der Waals surface area contributed by atoms with Gasteiger partial charge in [-0.3, -0.25) is 0 Å². The van der Waals surface area contributed by atoms with Crippen LogP contribution < -0.4 is 6.15 Å². The fraction of sp³-hybridized carbons (Fsp3) is 0. The number of rotatable bonds is 0. The molecule has 0 aromatic carbocycles. The van der Waals surface area contributed by atoms with E-state index in [0.717, 1.165) is 0 Å². The molecule has 0 fully saturated rings. The van der Waals surface area contributed by atoms with Crippen molar-refractivity contribution >= 4 is 0 Å². The molecule has 0 bridgehead atoms. The molecule has 32 valence electrons. The number of hydrogen-bond donors (Lipinski definition) is 1. The van der Waals surface area contributed by atoms with Crippen molar-refractivity contribution < 1.29 is 39.3 Å². The van der Waals surface area contributed by atoms with Gasteiger partial charge in [-0.25, -0.2) is 0 Å². The fourth-order valence-corrected chi connectivity index (χ4v) is 0. The summed E-state index contributed by atoms with van der Waals surface area (Å²) in [6.45, 7) is 0. The quantitative estimate of drug-likeness (QED) is 0.452. The Morgan fingerprint density at radius 1 is 1.00 bits per heavy atom. The van der Waals surface area contributed by atoms with Crippen LogP contribution >= 0.6 is 0 Å². The van der Waals surface area contributed by atoms with Crippen molar-refractivity contribution in [3.05, 3.63) is 0 Å². The average Bonchev–Trinajstić information content (AvgIpc) is 0. The van der Waals surface area contributed by atoms with Crippen LogP contribution in [0.4, 0.5) is 0 Å². The van der Waals surface area contributed by atoms with E-state index in [0.29, 0.717) is 0 Å². The Kier molecular flexibility index (Phi) is 823. The second kappa shape index (κ2) is 38.3. The van der Waals surface area contributed by atoms with Gasteiger partial charge in [0.25, 0.3) is 0 Å². The maximum absolute atomic E-state index is 0. The second-order valence-corrected chi connectivity index (χ2v) is 0. The smallest absolute Gasteiger partial charge is 0 e. The van der Waals surface area contributed by atoms with Crippen molar-refractivity contribution in [2.24, 2.45) is 0 Å². The summed E-state index contributed by atoms with van der Waals surface area (Å²) >= 11 is 0. The van der Waals surface area contributed by atoms with Crippen LogP contribution in [0.2, 0.25) is 0 Å². The molecule has 4 heteroatoms. The van der Waals surface area contributed by atoms with E-state index in [4.69, 9.17) is 0 Å². The minimum absolute atomic E-state index is 0. The molecule has 0 saturated heterocycles. The Labute approximate surface area is 45.9 Å². The van der Waals surface area contributed by atoms with Gasteiger partial charge in [-0.1, -0.05) is 0 Å². The first-order valence-electron chi connectivity index (χ1n) is 0. The molecule has 0 saturated carbocycles. The summed E-state index contributed by atoms with van der Waals surface area (Å²) in [5, 5.41) is 0. The normalized spacial score (nSPS) is 0. The number of hydrogen-bond acceptors (Lipinski definition) is 1. The van der Waals surface area contributed by atoms with Crippen molar-refractivity contribution in [3.8, 4) is 0 Å². The predicted octanol–water partition coefficient (Wildman–Crippen LogP) is -0.668. The van der Waals surface area contributed by atoms with Gasteiger partial charge in [-0.15, -0.1) is 0 Å². The summed E-state index contributed by atoms with van der Waals surface area (Å²) in [6, 6.07) is 0. The molecule has 4 heavy (non-hydrogen) atoms. The van der Waals surface area contributed by atoms with Gasteiger partial charge < -0.3 is 11.6 Å². The summed E-state index contributed by atoms with van der Waals surface area (Å²) in [6.07, 6.45) is 0. The molecule has 0 aliphatic rings. The van der Waals surface area contributed by atoms with Crippen LogP contribution in [0.1, 0.15) is 0 Å².